The summed E-state index contributed by atoms with van der Waals surface area (Å²) >= 11 is 14.7. The molecule has 1 aliphatic heterocycles. The van der Waals surface area contributed by atoms with Crippen LogP contribution in [0.4, 0.5) is 5.69 Å². The van der Waals surface area contributed by atoms with Crippen LogP contribution in [0, 0.1) is 0 Å². The fourth-order valence-electron chi connectivity index (χ4n) is 3.67. The Hall–Kier alpha value is -2.50. The second-order valence-electron chi connectivity index (χ2n) is 8.23. The monoisotopic (exact) mass is 552 g/mol. The number of thiazole rings is 1. The van der Waals surface area contributed by atoms with Crippen molar-refractivity contribution in [2.45, 2.75) is 39.4 Å². The lowest BCUT2D eigenvalue weighted by molar-refractivity contribution is 0.0696. The number of carbonyl (C=O) groups is 3. The molecule has 2 aromatic heterocycles. The predicted octanol–water partition coefficient (Wildman–Crippen LogP) is 5.16. The predicted molar refractivity (Wildman–Crippen MR) is 138 cm³/mol. The fraction of sp³-hybridized carbons (Fsp3) is 0.304. The summed E-state index contributed by atoms with van der Waals surface area (Å²) in [6, 6.07) is 6.22. The van der Waals surface area contributed by atoms with Gasteiger partial charge >= 0.3 is 5.97 Å². The van der Waals surface area contributed by atoms with Gasteiger partial charge in [-0.3, -0.25) is 14.5 Å². The maximum Gasteiger partial charge on any atom is 0.335 e. The van der Waals surface area contributed by atoms with E-state index in [1.807, 2.05) is 0 Å². The molecule has 3 aromatic rings. The summed E-state index contributed by atoms with van der Waals surface area (Å²) in [6.45, 7) is 5.85. The Morgan fingerprint density at radius 1 is 1.17 bits per heavy atom. The van der Waals surface area contributed by atoms with Crippen LogP contribution in [0.3, 0.4) is 0 Å². The molecule has 0 aliphatic carbocycles. The Bertz CT molecular complexity index is 1300. The molecule has 2 amide bonds. The smallest absolute Gasteiger partial charge is 0.335 e. The van der Waals surface area contributed by atoms with Crippen LogP contribution in [0.5, 0.6) is 0 Å². The molecule has 184 valence electrons. The number of fused-ring (bicyclic) bond motifs is 1. The summed E-state index contributed by atoms with van der Waals surface area (Å²) in [5, 5.41) is 15.3. The zero-order chi connectivity index (χ0) is 25.3. The lowest BCUT2D eigenvalue weighted by atomic mass is 10.1. The molecule has 12 heteroatoms. The van der Waals surface area contributed by atoms with Crippen molar-refractivity contribution >= 4 is 69.3 Å². The van der Waals surface area contributed by atoms with E-state index in [-0.39, 0.29) is 28.7 Å². The average Bonchev–Trinajstić information content (AvgIpc) is 3.43. The summed E-state index contributed by atoms with van der Waals surface area (Å²) in [6.07, 6.45) is 0.766. The van der Waals surface area contributed by atoms with Crippen LogP contribution in [-0.4, -0.2) is 45.4 Å². The Labute approximate surface area is 219 Å². The van der Waals surface area contributed by atoms with Crippen molar-refractivity contribution in [3.05, 3.63) is 65.2 Å². The highest BCUT2D eigenvalue weighted by molar-refractivity contribution is 7.18. The molecule has 0 fully saturated rings. The molecule has 0 saturated heterocycles. The number of hydrogen-bond donors (Lipinski definition) is 3. The summed E-state index contributed by atoms with van der Waals surface area (Å²) in [7, 11) is 0. The van der Waals surface area contributed by atoms with Crippen LogP contribution in [0.25, 0.3) is 0 Å². The standard InChI is InChI=1S/C23H22Cl2N4O4S2/c1-11(2)29-6-5-15-18(10-29)35-22(28-15)21(31)27-16-8-12(23(32)33)7-14(24)13(16)9-26-20(30)17-3-4-19(25)34-17/h3-4,7-8,11H,5-6,9-10H2,1-2H3,(H,26,30)(H,27,31)(H,32,33). The van der Waals surface area contributed by atoms with Crippen molar-refractivity contribution in [3.63, 3.8) is 0 Å². The fourth-order valence-corrected chi connectivity index (χ4v) is 5.95. The molecule has 4 rings (SSSR count). The zero-order valence-electron chi connectivity index (χ0n) is 18.9. The van der Waals surface area contributed by atoms with E-state index in [0.29, 0.717) is 25.8 Å². The highest BCUT2D eigenvalue weighted by Gasteiger charge is 2.25. The molecule has 0 unspecified atom stereocenters. The number of carbonyl (C=O) groups excluding carboxylic acids is 2. The van der Waals surface area contributed by atoms with Crippen LogP contribution in [0.1, 0.15) is 59.8 Å². The average molecular weight is 553 g/mol. The van der Waals surface area contributed by atoms with Crippen molar-refractivity contribution in [1.82, 2.24) is 15.2 Å². The minimum Gasteiger partial charge on any atom is -0.478 e. The first-order valence-electron chi connectivity index (χ1n) is 10.8. The first-order valence-corrected chi connectivity index (χ1v) is 13.1. The number of rotatable bonds is 7. The third-order valence-corrected chi connectivity index (χ3v) is 8.25. The van der Waals surface area contributed by atoms with Crippen LogP contribution in [0.15, 0.2) is 24.3 Å². The lowest BCUT2D eigenvalue weighted by Crippen LogP contribution is -2.35. The number of carboxylic acid groups (broad SMARTS) is 1. The quantitative estimate of drug-likeness (QED) is 0.373. The van der Waals surface area contributed by atoms with Crippen LogP contribution in [-0.2, 0) is 19.5 Å². The van der Waals surface area contributed by atoms with E-state index < -0.39 is 11.9 Å². The van der Waals surface area contributed by atoms with E-state index in [1.165, 1.54) is 23.5 Å². The number of aromatic carboxylic acids is 1. The van der Waals surface area contributed by atoms with Gasteiger partial charge in [0.2, 0.25) is 0 Å². The highest BCUT2D eigenvalue weighted by Crippen LogP contribution is 2.30. The van der Waals surface area contributed by atoms with E-state index in [9.17, 15) is 19.5 Å². The number of thiophene rings is 1. The molecule has 0 bridgehead atoms. The number of carboxylic acids is 1. The molecular weight excluding hydrogens is 531 g/mol. The SMILES string of the molecule is CC(C)N1CCc2nc(C(=O)Nc3cc(C(=O)O)cc(Cl)c3CNC(=O)c3ccc(Cl)s3)sc2C1. The van der Waals surface area contributed by atoms with Gasteiger partial charge < -0.3 is 15.7 Å². The molecule has 3 heterocycles. The maximum atomic E-state index is 13.1. The number of nitrogens with one attached hydrogen (secondary N) is 2. The van der Waals surface area contributed by atoms with E-state index in [1.54, 1.807) is 12.1 Å². The Balaban J connectivity index is 1.56. The molecule has 0 spiro atoms. The normalized spacial score (nSPS) is 13.5. The molecule has 0 saturated carbocycles. The number of benzene rings is 1. The maximum absolute atomic E-state index is 13.1. The Morgan fingerprint density at radius 2 is 1.94 bits per heavy atom. The lowest BCUT2D eigenvalue weighted by Gasteiger charge is -2.29. The molecule has 1 aromatic carbocycles. The van der Waals surface area contributed by atoms with E-state index in [0.717, 1.165) is 41.4 Å². The van der Waals surface area contributed by atoms with Gasteiger partial charge in [0, 0.05) is 53.2 Å². The summed E-state index contributed by atoms with van der Waals surface area (Å²) in [4.78, 5) is 45.4. The Kier molecular flexibility index (Phi) is 7.77. The molecular formula is C23H22Cl2N4O4S2. The largest absolute Gasteiger partial charge is 0.478 e. The van der Waals surface area contributed by atoms with Gasteiger partial charge in [0.15, 0.2) is 5.01 Å². The topological polar surface area (TPSA) is 112 Å². The van der Waals surface area contributed by atoms with Crippen LogP contribution < -0.4 is 10.6 Å². The minimum atomic E-state index is -1.19. The molecule has 3 N–H and O–H groups in total. The molecule has 1 aliphatic rings. The van der Waals surface area contributed by atoms with Crippen molar-refractivity contribution < 1.29 is 19.5 Å². The van der Waals surface area contributed by atoms with E-state index in [2.05, 4.69) is 34.4 Å². The molecule has 0 atom stereocenters. The van der Waals surface area contributed by atoms with Gasteiger partial charge in [-0.05, 0) is 38.1 Å². The van der Waals surface area contributed by atoms with Gasteiger partial charge in [0.25, 0.3) is 11.8 Å². The number of anilines is 1. The summed E-state index contributed by atoms with van der Waals surface area (Å²) < 4.78 is 0.481. The van der Waals surface area contributed by atoms with Crippen LogP contribution in [0.2, 0.25) is 9.36 Å². The van der Waals surface area contributed by atoms with Crippen molar-refractivity contribution in [1.29, 1.82) is 0 Å². The van der Waals surface area contributed by atoms with Gasteiger partial charge in [-0.2, -0.15) is 0 Å². The molecule has 0 radical (unpaired) electrons. The number of nitrogens with zero attached hydrogens (tertiary/aromatic N) is 2. The van der Waals surface area contributed by atoms with Gasteiger partial charge in [-0.15, -0.1) is 22.7 Å². The van der Waals surface area contributed by atoms with Gasteiger partial charge in [0.1, 0.15) is 0 Å². The zero-order valence-corrected chi connectivity index (χ0v) is 22.0. The van der Waals surface area contributed by atoms with Crippen molar-refractivity contribution in [3.8, 4) is 0 Å². The van der Waals surface area contributed by atoms with Crippen LogP contribution >= 0.6 is 45.9 Å². The first kappa shape index (κ1) is 25.6. The third-order valence-electron chi connectivity index (χ3n) is 5.60. The first-order chi connectivity index (χ1) is 16.6. The summed E-state index contributed by atoms with van der Waals surface area (Å²) in [5.41, 5.74) is 1.41. The molecule has 35 heavy (non-hydrogen) atoms. The highest BCUT2D eigenvalue weighted by atomic mass is 35.5. The van der Waals surface area contributed by atoms with Gasteiger partial charge in [-0.1, -0.05) is 23.2 Å². The molecule has 8 nitrogen and oxygen atoms in total. The number of hydrogen-bond acceptors (Lipinski definition) is 7. The minimum absolute atomic E-state index is 0.0274. The Morgan fingerprint density at radius 3 is 2.60 bits per heavy atom. The van der Waals surface area contributed by atoms with Crippen molar-refractivity contribution in [2.24, 2.45) is 0 Å². The number of amides is 2. The van der Waals surface area contributed by atoms with Gasteiger partial charge in [0.05, 0.1) is 20.5 Å². The third kappa shape index (κ3) is 5.84. The number of aromatic nitrogens is 1. The van der Waals surface area contributed by atoms with E-state index >= 15 is 0 Å². The van der Waals surface area contributed by atoms with E-state index in [4.69, 9.17) is 23.2 Å². The van der Waals surface area contributed by atoms with Gasteiger partial charge in [-0.25, -0.2) is 9.78 Å². The van der Waals surface area contributed by atoms with Crippen molar-refractivity contribution in [2.75, 3.05) is 11.9 Å². The second-order valence-corrected chi connectivity index (χ2v) is 11.4. The second kappa shape index (κ2) is 10.6. The summed E-state index contributed by atoms with van der Waals surface area (Å²) in [5.74, 6) is -2.01. The number of halogens is 2.